The summed E-state index contributed by atoms with van der Waals surface area (Å²) in [5.74, 6) is 2.08. The van der Waals surface area contributed by atoms with Crippen molar-refractivity contribution in [3.8, 4) is 0 Å². The van der Waals surface area contributed by atoms with E-state index in [0.717, 1.165) is 24.4 Å². The molecular formula is C15H23NO2S. The molecule has 1 aromatic rings. The van der Waals surface area contributed by atoms with Gasteiger partial charge in [0.25, 0.3) is 0 Å². The molecule has 1 heterocycles. The molecule has 19 heavy (non-hydrogen) atoms. The Morgan fingerprint density at radius 2 is 2.26 bits per heavy atom. The number of hydrogen-bond acceptors (Lipinski definition) is 3. The number of carbonyl (C=O) groups excluding carboxylic acids is 1. The average molecular weight is 281 g/mol. The van der Waals surface area contributed by atoms with E-state index in [0.29, 0.717) is 0 Å². The summed E-state index contributed by atoms with van der Waals surface area (Å²) in [7, 11) is 0. The Morgan fingerprint density at radius 1 is 1.58 bits per heavy atom. The normalized spacial score (nSPS) is 22.7. The largest absolute Gasteiger partial charge is 0.466 e. The number of thioether (sulfide) groups is 1. The number of hydrogen-bond donors (Lipinski definition) is 1. The topological polar surface area (TPSA) is 42.2 Å². The van der Waals surface area contributed by atoms with Gasteiger partial charge in [0.05, 0.1) is 11.3 Å². The Labute approximate surface area is 119 Å². The highest BCUT2D eigenvalue weighted by Crippen LogP contribution is 2.42. The van der Waals surface area contributed by atoms with Gasteiger partial charge in [-0.1, -0.05) is 13.8 Å². The first-order chi connectivity index (χ1) is 8.82. The molecule has 0 saturated carbocycles. The summed E-state index contributed by atoms with van der Waals surface area (Å²) in [6.07, 6.45) is 3.87. The van der Waals surface area contributed by atoms with Crippen molar-refractivity contribution >= 4 is 17.7 Å². The van der Waals surface area contributed by atoms with Crippen molar-refractivity contribution in [1.29, 1.82) is 0 Å². The van der Waals surface area contributed by atoms with Crippen LogP contribution in [0.15, 0.2) is 10.5 Å². The molecule has 0 radical (unpaired) electrons. The Morgan fingerprint density at radius 3 is 2.89 bits per heavy atom. The second kappa shape index (κ2) is 5.23. The van der Waals surface area contributed by atoms with Gasteiger partial charge in [-0.05, 0) is 38.0 Å². The summed E-state index contributed by atoms with van der Waals surface area (Å²) in [6, 6.07) is 2.15. The maximum absolute atomic E-state index is 12.1. The fraction of sp³-hybridized carbons (Fsp3) is 0.667. The summed E-state index contributed by atoms with van der Waals surface area (Å²) < 4.78 is 5.78. The van der Waals surface area contributed by atoms with Crippen molar-refractivity contribution in [2.24, 2.45) is 5.41 Å². The van der Waals surface area contributed by atoms with Crippen LogP contribution >= 0.6 is 11.8 Å². The van der Waals surface area contributed by atoms with Crippen molar-refractivity contribution in [3.05, 3.63) is 23.2 Å². The van der Waals surface area contributed by atoms with Crippen LogP contribution in [0.1, 0.15) is 50.3 Å². The number of amides is 1. The van der Waals surface area contributed by atoms with Crippen LogP contribution in [0, 0.1) is 12.3 Å². The standard InChI is InChI=1S/C15H23NO2S/c1-9-6-11-12(16-14(17)10(2)19-5)7-15(3,4)8-13(11)18-9/h6,10,12H,7-8H2,1-5H3,(H,16,17)/t10-,12-/m0/s1. The Balaban J connectivity index is 2.22. The molecule has 2 rings (SSSR count). The first-order valence-corrected chi connectivity index (χ1v) is 8.03. The van der Waals surface area contributed by atoms with Crippen LogP contribution in [0.2, 0.25) is 0 Å². The highest BCUT2D eigenvalue weighted by Gasteiger charge is 2.35. The SMILES string of the molecule is CS[C@@H](C)C(=O)N[C@H]1CC(C)(C)Cc2oc(C)cc21. The zero-order chi connectivity index (χ0) is 14.2. The maximum atomic E-state index is 12.1. The van der Waals surface area contributed by atoms with Crippen molar-refractivity contribution < 1.29 is 9.21 Å². The van der Waals surface area contributed by atoms with Gasteiger partial charge in [-0.2, -0.15) is 11.8 Å². The minimum atomic E-state index is -0.0125. The molecular weight excluding hydrogens is 258 g/mol. The molecule has 0 spiro atoms. The number of nitrogens with one attached hydrogen (secondary N) is 1. The molecule has 0 unspecified atom stereocenters. The van der Waals surface area contributed by atoms with Crippen molar-refractivity contribution in [2.75, 3.05) is 6.26 Å². The van der Waals surface area contributed by atoms with Gasteiger partial charge in [0, 0.05) is 12.0 Å². The van der Waals surface area contributed by atoms with Gasteiger partial charge in [-0.15, -0.1) is 0 Å². The first-order valence-electron chi connectivity index (χ1n) is 6.75. The third-order valence-corrected chi connectivity index (χ3v) is 4.70. The Kier molecular flexibility index (Phi) is 4.00. The molecule has 1 aliphatic rings. The molecule has 2 atom stereocenters. The van der Waals surface area contributed by atoms with E-state index in [1.807, 2.05) is 20.1 Å². The molecule has 0 bridgehead atoms. The number of fused-ring (bicyclic) bond motifs is 1. The predicted octanol–water partition coefficient (Wildman–Crippen LogP) is 3.47. The van der Waals surface area contributed by atoms with Crippen molar-refractivity contribution in [2.45, 2.75) is 51.8 Å². The molecule has 0 saturated heterocycles. The van der Waals surface area contributed by atoms with Crippen LogP contribution in [-0.2, 0) is 11.2 Å². The van der Waals surface area contributed by atoms with E-state index in [1.54, 1.807) is 11.8 Å². The first kappa shape index (κ1) is 14.5. The molecule has 106 valence electrons. The molecule has 4 heteroatoms. The zero-order valence-electron chi connectivity index (χ0n) is 12.4. The lowest BCUT2D eigenvalue weighted by atomic mass is 9.74. The fourth-order valence-electron chi connectivity index (χ4n) is 2.71. The summed E-state index contributed by atoms with van der Waals surface area (Å²) in [6.45, 7) is 8.36. The monoisotopic (exact) mass is 281 g/mol. The highest BCUT2D eigenvalue weighted by atomic mass is 32.2. The van der Waals surface area contributed by atoms with E-state index in [-0.39, 0.29) is 22.6 Å². The summed E-state index contributed by atoms with van der Waals surface area (Å²) in [4.78, 5) is 12.1. The van der Waals surface area contributed by atoms with Crippen molar-refractivity contribution in [3.63, 3.8) is 0 Å². The van der Waals surface area contributed by atoms with Crippen molar-refractivity contribution in [1.82, 2.24) is 5.32 Å². The lowest BCUT2D eigenvalue weighted by Gasteiger charge is -2.35. The Hall–Kier alpha value is -0.900. The maximum Gasteiger partial charge on any atom is 0.233 e. The van der Waals surface area contributed by atoms with Gasteiger partial charge in [0.1, 0.15) is 11.5 Å². The number of rotatable bonds is 3. The molecule has 0 aliphatic heterocycles. The lowest BCUT2D eigenvalue weighted by Crippen LogP contribution is -2.39. The number of carbonyl (C=O) groups is 1. The van der Waals surface area contributed by atoms with E-state index in [4.69, 9.17) is 4.42 Å². The van der Waals surface area contributed by atoms with E-state index in [9.17, 15) is 4.79 Å². The van der Waals surface area contributed by atoms with Crippen LogP contribution in [0.3, 0.4) is 0 Å². The molecule has 3 nitrogen and oxygen atoms in total. The minimum absolute atomic E-state index is 0.0125. The third-order valence-electron chi connectivity index (χ3n) is 3.78. The van der Waals surface area contributed by atoms with Gasteiger partial charge in [0.15, 0.2) is 0 Å². The van der Waals surface area contributed by atoms with Gasteiger partial charge in [0.2, 0.25) is 5.91 Å². The second-order valence-corrected chi connectivity index (χ2v) is 7.40. The van der Waals surface area contributed by atoms with E-state index >= 15 is 0 Å². The fourth-order valence-corrected chi connectivity index (χ4v) is 2.99. The average Bonchev–Trinajstić information content (AvgIpc) is 2.66. The molecule has 1 aliphatic carbocycles. The zero-order valence-corrected chi connectivity index (χ0v) is 13.2. The molecule has 1 N–H and O–H groups in total. The van der Waals surface area contributed by atoms with Crippen LogP contribution in [0.4, 0.5) is 0 Å². The van der Waals surface area contributed by atoms with Gasteiger partial charge in [-0.25, -0.2) is 0 Å². The van der Waals surface area contributed by atoms with Crippen LogP contribution in [0.5, 0.6) is 0 Å². The lowest BCUT2D eigenvalue weighted by molar-refractivity contribution is -0.121. The predicted molar refractivity (Wildman–Crippen MR) is 79.4 cm³/mol. The smallest absolute Gasteiger partial charge is 0.233 e. The number of furan rings is 1. The third kappa shape index (κ3) is 3.16. The highest BCUT2D eigenvalue weighted by molar-refractivity contribution is 7.99. The minimum Gasteiger partial charge on any atom is -0.466 e. The van der Waals surface area contributed by atoms with Crippen LogP contribution < -0.4 is 5.32 Å². The summed E-state index contributed by atoms with van der Waals surface area (Å²) >= 11 is 1.57. The van der Waals surface area contributed by atoms with E-state index < -0.39 is 0 Å². The van der Waals surface area contributed by atoms with E-state index in [1.165, 1.54) is 5.56 Å². The Bertz CT molecular complexity index is 478. The summed E-state index contributed by atoms with van der Waals surface area (Å²) in [5.41, 5.74) is 1.33. The van der Waals surface area contributed by atoms with Crippen LogP contribution in [-0.4, -0.2) is 17.4 Å². The van der Waals surface area contributed by atoms with E-state index in [2.05, 4.69) is 25.2 Å². The number of aryl methyl sites for hydroxylation is 1. The molecule has 0 aromatic carbocycles. The quantitative estimate of drug-likeness (QED) is 0.922. The molecule has 1 aromatic heterocycles. The van der Waals surface area contributed by atoms with Crippen LogP contribution in [0.25, 0.3) is 0 Å². The van der Waals surface area contributed by atoms with Gasteiger partial charge < -0.3 is 9.73 Å². The summed E-state index contributed by atoms with van der Waals surface area (Å²) in [5, 5.41) is 3.16. The molecule has 0 fully saturated rings. The molecule has 1 amide bonds. The van der Waals surface area contributed by atoms with Gasteiger partial charge in [-0.3, -0.25) is 4.79 Å². The second-order valence-electron chi connectivity index (χ2n) is 6.22. The van der Waals surface area contributed by atoms with Gasteiger partial charge >= 0.3 is 0 Å².